The van der Waals surface area contributed by atoms with Crippen molar-refractivity contribution in [3.05, 3.63) is 12.7 Å². The molecule has 0 aromatic rings. The van der Waals surface area contributed by atoms with Gasteiger partial charge >= 0.3 is 0 Å². The first kappa shape index (κ1) is 21.0. The highest BCUT2D eigenvalue weighted by molar-refractivity contribution is 5.93. The van der Waals surface area contributed by atoms with Crippen LogP contribution in [-0.4, -0.2) is 47.2 Å². The highest BCUT2D eigenvalue weighted by Gasteiger charge is 2.40. The van der Waals surface area contributed by atoms with E-state index in [-0.39, 0.29) is 18.1 Å². The number of nitrogens with one attached hydrogen (secondary N) is 1. The summed E-state index contributed by atoms with van der Waals surface area (Å²) < 4.78 is 0. The van der Waals surface area contributed by atoms with Crippen LogP contribution in [0.25, 0.3) is 0 Å². The number of hydrogen-bond acceptors (Lipinski definition) is 4. The van der Waals surface area contributed by atoms with E-state index in [4.69, 9.17) is 5.73 Å². The molecule has 3 rings (SSSR count). The number of Topliss-reactive ketones (excluding diaryl/α,β-unsaturated/α-hetero) is 1. The lowest BCUT2D eigenvalue weighted by atomic mass is 9.95. The summed E-state index contributed by atoms with van der Waals surface area (Å²) in [5.74, 6) is 0.673. The molecule has 3 fully saturated rings. The zero-order valence-corrected chi connectivity index (χ0v) is 16.9. The van der Waals surface area contributed by atoms with Crippen molar-refractivity contribution in [2.45, 2.75) is 88.8 Å². The molecular weight excluding hydrogens is 354 g/mol. The molecule has 1 heterocycles. The molecular formula is C22H35N3O3. The normalized spacial score (nSPS) is 24.8. The predicted octanol–water partition coefficient (Wildman–Crippen LogP) is 2.32. The van der Waals surface area contributed by atoms with Gasteiger partial charge in [-0.05, 0) is 43.9 Å². The first-order valence-corrected chi connectivity index (χ1v) is 11.0. The molecule has 2 amide bonds. The van der Waals surface area contributed by atoms with Gasteiger partial charge in [-0.25, -0.2) is 0 Å². The highest BCUT2D eigenvalue weighted by Crippen LogP contribution is 2.40. The molecule has 156 valence electrons. The SMILES string of the molecule is C=CC[C@H](NC(=O)[C@@H](N)CC(=O)N1CCCC1C1CC1)C(=O)CC1CCCC1. The van der Waals surface area contributed by atoms with E-state index in [0.29, 0.717) is 30.7 Å². The minimum absolute atomic E-state index is 0.00663. The van der Waals surface area contributed by atoms with Crippen LogP contribution >= 0.6 is 0 Å². The van der Waals surface area contributed by atoms with Gasteiger partial charge in [0.25, 0.3) is 0 Å². The monoisotopic (exact) mass is 389 g/mol. The molecule has 0 spiro atoms. The molecule has 1 unspecified atom stereocenters. The van der Waals surface area contributed by atoms with Crippen molar-refractivity contribution in [2.24, 2.45) is 17.6 Å². The zero-order valence-electron chi connectivity index (χ0n) is 16.9. The maximum absolute atomic E-state index is 12.7. The maximum Gasteiger partial charge on any atom is 0.238 e. The molecule has 6 nitrogen and oxygen atoms in total. The first-order chi connectivity index (χ1) is 13.5. The number of carbonyl (C=O) groups excluding carboxylic acids is 3. The Morgan fingerprint density at radius 1 is 1.11 bits per heavy atom. The topological polar surface area (TPSA) is 92.5 Å². The second-order valence-corrected chi connectivity index (χ2v) is 8.85. The number of likely N-dealkylation sites (tertiary alicyclic amines) is 1. The van der Waals surface area contributed by atoms with E-state index in [9.17, 15) is 14.4 Å². The summed E-state index contributed by atoms with van der Waals surface area (Å²) in [6.45, 7) is 4.47. The van der Waals surface area contributed by atoms with E-state index in [2.05, 4.69) is 11.9 Å². The Morgan fingerprint density at radius 2 is 1.82 bits per heavy atom. The van der Waals surface area contributed by atoms with Crippen LogP contribution in [0.2, 0.25) is 0 Å². The van der Waals surface area contributed by atoms with Gasteiger partial charge in [-0.1, -0.05) is 31.8 Å². The van der Waals surface area contributed by atoms with Gasteiger partial charge in [-0.15, -0.1) is 6.58 Å². The summed E-state index contributed by atoms with van der Waals surface area (Å²) in [7, 11) is 0. The van der Waals surface area contributed by atoms with Crippen molar-refractivity contribution in [3.63, 3.8) is 0 Å². The maximum atomic E-state index is 12.7. The zero-order chi connectivity index (χ0) is 20.1. The van der Waals surface area contributed by atoms with Crippen LogP contribution in [-0.2, 0) is 14.4 Å². The van der Waals surface area contributed by atoms with Crippen molar-refractivity contribution >= 4 is 17.6 Å². The summed E-state index contributed by atoms with van der Waals surface area (Å²) in [6.07, 6.45) is 11.6. The second kappa shape index (κ2) is 9.68. The van der Waals surface area contributed by atoms with Gasteiger partial charge in [0.1, 0.15) is 0 Å². The Bertz CT molecular complexity index is 596. The molecule has 2 aliphatic carbocycles. The fourth-order valence-corrected chi connectivity index (χ4v) is 4.83. The second-order valence-electron chi connectivity index (χ2n) is 8.85. The third-order valence-electron chi connectivity index (χ3n) is 6.59. The van der Waals surface area contributed by atoms with Crippen molar-refractivity contribution in [2.75, 3.05) is 6.54 Å². The van der Waals surface area contributed by atoms with Crippen molar-refractivity contribution < 1.29 is 14.4 Å². The lowest BCUT2D eigenvalue weighted by molar-refractivity contribution is -0.135. The average Bonchev–Trinajstić information content (AvgIpc) is 3.17. The van der Waals surface area contributed by atoms with Crippen LogP contribution in [0.1, 0.15) is 70.6 Å². The van der Waals surface area contributed by atoms with E-state index >= 15 is 0 Å². The fraction of sp³-hybridized carbons (Fsp3) is 0.773. The van der Waals surface area contributed by atoms with Gasteiger partial charge in [0, 0.05) is 19.0 Å². The third-order valence-corrected chi connectivity index (χ3v) is 6.59. The van der Waals surface area contributed by atoms with Gasteiger partial charge in [0.05, 0.1) is 18.5 Å². The minimum atomic E-state index is -0.917. The van der Waals surface area contributed by atoms with Gasteiger partial charge in [0.15, 0.2) is 5.78 Å². The number of nitrogens with two attached hydrogens (primary N) is 1. The molecule has 3 aliphatic rings. The molecule has 0 aromatic heterocycles. The number of hydrogen-bond donors (Lipinski definition) is 2. The Balaban J connectivity index is 1.49. The Morgan fingerprint density at radius 3 is 2.46 bits per heavy atom. The number of rotatable bonds is 10. The van der Waals surface area contributed by atoms with Crippen molar-refractivity contribution in [1.82, 2.24) is 10.2 Å². The molecule has 6 heteroatoms. The van der Waals surface area contributed by atoms with Gasteiger partial charge in [-0.3, -0.25) is 14.4 Å². The van der Waals surface area contributed by atoms with Crippen LogP contribution in [0.15, 0.2) is 12.7 Å². The number of carbonyl (C=O) groups is 3. The average molecular weight is 390 g/mol. The van der Waals surface area contributed by atoms with Crippen molar-refractivity contribution in [3.8, 4) is 0 Å². The third kappa shape index (κ3) is 5.43. The van der Waals surface area contributed by atoms with E-state index in [1.54, 1.807) is 6.08 Å². The molecule has 0 bridgehead atoms. The molecule has 3 atom stereocenters. The molecule has 0 radical (unpaired) electrons. The molecule has 1 saturated heterocycles. The lowest BCUT2D eigenvalue weighted by Gasteiger charge is -2.26. The Kier molecular flexibility index (Phi) is 7.27. The van der Waals surface area contributed by atoms with E-state index < -0.39 is 18.0 Å². The minimum Gasteiger partial charge on any atom is -0.345 e. The van der Waals surface area contributed by atoms with Crippen LogP contribution in [0, 0.1) is 11.8 Å². The predicted molar refractivity (Wildman–Crippen MR) is 108 cm³/mol. The Labute approximate surface area is 168 Å². The summed E-state index contributed by atoms with van der Waals surface area (Å²) in [5.41, 5.74) is 6.03. The summed E-state index contributed by atoms with van der Waals surface area (Å²) >= 11 is 0. The van der Waals surface area contributed by atoms with E-state index in [1.165, 1.54) is 25.7 Å². The smallest absolute Gasteiger partial charge is 0.238 e. The van der Waals surface area contributed by atoms with Gasteiger partial charge < -0.3 is 16.0 Å². The number of amides is 2. The number of nitrogens with zero attached hydrogens (tertiary/aromatic N) is 1. The molecule has 1 aliphatic heterocycles. The molecule has 28 heavy (non-hydrogen) atoms. The first-order valence-electron chi connectivity index (χ1n) is 11.0. The van der Waals surface area contributed by atoms with Crippen LogP contribution in [0.3, 0.4) is 0 Å². The highest BCUT2D eigenvalue weighted by atomic mass is 16.2. The molecule has 3 N–H and O–H groups in total. The van der Waals surface area contributed by atoms with Crippen molar-refractivity contribution in [1.29, 1.82) is 0 Å². The summed E-state index contributed by atoms with van der Waals surface area (Å²) in [5, 5.41) is 2.78. The fourth-order valence-electron chi connectivity index (χ4n) is 4.83. The van der Waals surface area contributed by atoms with E-state index in [1.807, 2.05) is 4.90 Å². The quantitative estimate of drug-likeness (QED) is 0.561. The standard InChI is InChI=1S/C22H35N3O3/c1-2-6-18(20(26)13-15-7-3-4-8-15)24-22(28)17(23)14-21(27)25-12-5-9-19(25)16-10-11-16/h2,15-19H,1,3-14,23H2,(H,24,28)/t17-,18-,19?/m0/s1. The summed E-state index contributed by atoms with van der Waals surface area (Å²) in [6, 6.07) is -1.17. The van der Waals surface area contributed by atoms with Crippen LogP contribution in [0.4, 0.5) is 0 Å². The molecule has 2 saturated carbocycles. The Hall–Kier alpha value is -1.69. The van der Waals surface area contributed by atoms with Crippen LogP contribution < -0.4 is 11.1 Å². The number of ketones is 1. The largest absolute Gasteiger partial charge is 0.345 e. The van der Waals surface area contributed by atoms with Gasteiger partial charge in [-0.2, -0.15) is 0 Å². The summed E-state index contributed by atoms with van der Waals surface area (Å²) in [4.78, 5) is 39.8. The molecule has 0 aromatic carbocycles. The van der Waals surface area contributed by atoms with Crippen LogP contribution in [0.5, 0.6) is 0 Å². The lowest BCUT2D eigenvalue weighted by Crippen LogP contribution is -2.50. The van der Waals surface area contributed by atoms with E-state index in [0.717, 1.165) is 32.2 Å². The van der Waals surface area contributed by atoms with Gasteiger partial charge in [0.2, 0.25) is 11.8 Å².